The molecule has 2 rings (SSSR count). The summed E-state index contributed by atoms with van der Waals surface area (Å²) in [6, 6.07) is 0.564. The zero-order valence-corrected chi connectivity index (χ0v) is 11.6. The van der Waals surface area contributed by atoms with E-state index < -0.39 is 0 Å². The Hall–Kier alpha value is -0.450. The lowest BCUT2D eigenvalue weighted by atomic mass is 9.90. The van der Waals surface area contributed by atoms with Crippen molar-refractivity contribution in [1.29, 1.82) is 0 Å². The van der Waals surface area contributed by atoms with Gasteiger partial charge in [-0.3, -0.25) is 0 Å². The fraction of sp³-hybridized carbons (Fsp3) is 0.769. The lowest BCUT2D eigenvalue weighted by Crippen LogP contribution is -2.40. The van der Waals surface area contributed by atoms with Crippen molar-refractivity contribution >= 4 is 11.3 Å². The minimum atomic E-state index is 0.564. The fourth-order valence-corrected chi connectivity index (χ4v) is 3.30. The molecule has 0 spiro atoms. The summed E-state index contributed by atoms with van der Waals surface area (Å²) < 4.78 is 5.44. The van der Waals surface area contributed by atoms with E-state index in [-0.39, 0.29) is 0 Å². The number of hydrogen-bond acceptors (Lipinski definition) is 4. The molecule has 1 aliphatic rings. The van der Waals surface area contributed by atoms with Gasteiger partial charge in [0.15, 0.2) is 0 Å². The van der Waals surface area contributed by atoms with E-state index in [4.69, 9.17) is 4.74 Å². The molecule has 1 unspecified atom stereocenters. The molecule has 1 aromatic heterocycles. The zero-order valence-electron chi connectivity index (χ0n) is 10.7. The molecule has 1 atom stereocenters. The monoisotopic (exact) mass is 254 g/mol. The summed E-state index contributed by atoms with van der Waals surface area (Å²) in [5.74, 6) is 0.743. The van der Waals surface area contributed by atoms with Gasteiger partial charge in [-0.05, 0) is 32.2 Å². The first-order valence-electron chi connectivity index (χ1n) is 6.51. The third kappa shape index (κ3) is 3.76. The maximum Gasteiger partial charge on any atom is 0.0943 e. The highest BCUT2D eigenvalue weighted by Crippen LogP contribution is 2.22. The van der Waals surface area contributed by atoms with Crippen LogP contribution in [0.5, 0.6) is 0 Å². The maximum atomic E-state index is 5.44. The number of nitrogens with zero attached hydrogens (tertiary/aromatic N) is 1. The summed E-state index contributed by atoms with van der Waals surface area (Å²) in [5, 5.41) is 7.03. The molecule has 2 heterocycles. The van der Waals surface area contributed by atoms with E-state index >= 15 is 0 Å². The smallest absolute Gasteiger partial charge is 0.0943 e. The van der Waals surface area contributed by atoms with Crippen LogP contribution in [-0.4, -0.2) is 30.8 Å². The molecule has 1 aliphatic heterocycles. The Labute approximate surface area is 108 Å². The molecule has 0 aromatic carbocycles. The highest BCUT2D eigenvalue weighted by atomic mass is 32.1. The van der Waals surface area contributed by atoms with Gasteiger partial charge < -0.3 is 10.1 Å². The summed E-state index contributed by atoms with van der Waals surface area (Å²) in [6.07, 6.45) is 3.43. The normalized spacial score (nSPS) is 19.4. The number of ether oxygens (including phenoxy) is 1. The van der Waals surface area contributed by atoms with Crippen LogP contribution in [0.3, 0.4) is 0 Å². The standard InChI is InChI=1S/C13H22N2OS/c1-3-14-12(11-4-6-16-7-5-11)8-13-15-10(2)9-17-13/h9,11-12,14H,3-8H2,1-2H3. The second-order valence-electron chi connectivity index (χ2n) is 4.70. The second kappa shape index (κ2) is 6.47. The van der Waals surface area contributed by atoms with E-state index in [0.717, 1.165) is 37.8 Å². The number of aromatic nitrogens is 1. The number of aryl methyl sites for hydroxylation is 1. The first-order valence-corrected chi connectivity index (χ1v) is 7.39. The summed E-state index contributed by atoms with van der Waals surface area (Å²) in [6.45, 7) is 7.12. The summed E-state index contributed by atoms with van der Waals surface area (Å²) in [4.78, 5) is 4.57. The largest absolute Gasteiger partial charge is 0.381 e. The van der Waals surface area contributed by atoms with Crippen LogP contribution in [-0.2, 0) is 11.2 Å². The minimum Gasteiger partial charge on any atom is -0.381 e. The van der Waals surface area contributed by atoms with Gasteiger partial charge in [0.25, 0.3) is 0 Å². The Balaban J connectivity index is 1.95. The molecule has 3 nitrogen and oxygen atoms in total. The highest BCUT2D eigenvalue weighted by Gasteiger charge is 2.24. The molecule has 17 heavy (non-hydrogen) atoms. The van der Waals surface area contributed by atoms with Gasteiger partial charge in [0.05, 0.1) is 5.01 Å². The lowest BCUT2D eigenvalue weighted by Gasteiger charge is -2.30. The van der Waals surface area contributed by atoms with E-state index in [9.17, 15) is 0 Å². The van der Waals surface area contributed by atoms with Crippen molar-refractivity contribution in [1.82, 2.24) is 10.3 Å². The number of likely N-dealkylation sites (N-methyl/N-ethyl adjacent to an activating group) is 1. The van der Waals surface area contributed by atoms with Gasteiger partial charge in [0, 0.05) is 36.8 Å². The van der Waals surface area contributed by atoms with Gasteiger partial charge in [-0.15, -0.1) is 11.3 Å². The van der Waals surface area contributed by atoms with Crippen LogP contribution < -0.4 is 5.32 Å². The molecule has 0 saturated carbocycles. The van der Waals surface area contributed by atoms with Crippen LogP contribution >= 0.6 is 11.3 Å². The van der Waals surface area contributed by atoms with Crippen LogP contribution in [0.15, 0.2) is 5.38 Å². The van der Waals surface area contributed by atoms with Crippen molar-refractivity contribution in [3.63, 3.8) is 0 Å². The Morgan fingerprint density at radius 2 is 2.29 bits per heavy atom. The minimum absolute atomic E-state index is 0.564. The molecule has 0 radical (unpaired) electrons. The molecule has 1 fully saturated rings. The Morgan fingerprint density at radius 1 is 1.53 bits per heavy atom. The number of hydrogen-bond donors (Lipinski definition) is 1. The van der Waals surface area contributed by atoms with Gasteiger partial charge >= 0.3 is 0 Å². The molecule has 0 aliphatic carbocycles. The second-order valence-corrected chi connectivity index (χ2v) is 5.64. The predicted molar refractivity (Wildman–Crippen MR) is 71.6 cm³/mol. The van der Waals surface area contributed by atoms with Crippen LogP contribution in [0.4, 0.5) is 0 Å². The third-order valence-electron chi connectivity index (χ3n) is 3.36. The SMILES string of the molecule is CCNC(Cc1nc(C)cs1)C1CCOCC1. The van der Waals surface area contributed by atoms with Gasteiger partial charge in [-0.25, -0.2) is 4.98 Å². The summed E-state index contributed by atoms with van der Waals surface area (Å²) in [7, 11) is 0. The average Bonchev–Trinajstić information content (AvgIpc) is 2.75. The van der Waals surface area contributed by atoms with Crippen LogP contribution in [0.2, 0.25) is 0 Å². The average molecular weight is 254 g/mol. The number of nitrogens with one attached hydrogen (secondary N) is 1. The summed E-state index contributed by atoms with van der Waals surface area (Å²) in [5.41, 5.74) is 1.15. The summed E-state index contributed by atoms with van der Waals surface area (Å²) >= 11 is 1.79. The van der Waals surface area contributed by atoms with Crippen LogP contribution in [0, 0.1) is 12.8 Å². The molecule has 1 aromatic rings. The first kappa shape index (κ1) is 13.0. The molecule has 1 saturated heterocycles. The van der Waals surface area contributed by atoms with E-state index in [1.165, 1.54) is 17.8 Å². The van der Waals surface area contributed by atoms with Crippen molar-refractivity contribution < 1.29 is 4.74 Å². The zero-order chi connectivity index (χ0) is 12.1. The van der Waals surface area contributed by atoms with Crippen molar-refractivity contribution in [2.24, 2.45) is 5.92 Å². The van der Waals surface area contributed by atoms with Gasteiger partial charge in [-0.1, -0.05) is 6.92 Å². The van der Waals surface area contributed by atoms with E-state index in [2.05, 4.69) is 29.5 Å². The molecular formula is C13H22N2OS. The van der Waals surface area contributed by atoms with Crippen molar-refractivity contribution in [3.05, 3.63) is 16.1 Å². The highest BCUT2D eigenvalue weighted by molar-refractivity contribution is 7.09. The molecule has 4 heteroatoms. The van der Waals surface area contributed by atoms with Gasteiger partial charge in [0.1, 0.15) is 0 Å². The molecule has 0 amide bonds. The number of rotatable bonds is 5. The van der Waals surface area contributed by atoms with Crippen molar-refractivity contribution in [3.8, 4) is 0 Å². The molecule has 1 N–H and O–H groups in total. The number of thiazole rings is 1. The molecule has 96 valence electrons. The molecule has 0 bridgehead atoms. The fourth-order valence-electron chi connectivity index (χ4n) is 2.47. The van der Waals surface area contributed by atoms with Gasteiger partial charge in [0.2, 0.25) is 0 Å². The predicted octanol–water partition coefficient (Wildman–Crippen LogP) is 2.40. The van der Waals surface area contributed by atoms with Gasteiger partial charge in [-0.2, -0.15) is 0 Å². The Bertz CT molecular complexity index is 334. The van der Waals surface area contributed by atoms with Crippen LogP contribution in [0.25, 0.3) is 0 Å². The van der Waals surface area contributed by atoms with E-state index in [0.29, 0.717) is 6.04 Å². The quantitative estimate of drug-likeness (QED) is 0.876. The van der Waals surface area contributed by atoms with Crippen molar-refractivity contribution in [2.45, 2.75) is 39.2 Å². The van der Waals surface area contributed by atoms with E-state index in [1.54, 1.807) is 11.3 Å². The topological polar surface area (TPSA) is 34.2 Å². The third-order valence-corrected chi connectivity index (χ3v) is 4.35. The maximum absolute atomic E-state index is 5.44. The van der Waals surface area contributed by atoms with E-state index in [1.807, 2.05) is 0 Å². The van der Waals surface area contributed by atoms with Crippen molar-refractivity contribution in [2.75, 3.05) is 19.8 Å². The molecular weight excluding hydrogens is 232 g/mol. The Kier molecular flexibility index (Phi) is 4.95. The Morgan fingerprint density at radius 3 is 2.88 bits per heavy atom. The first-order chi connectivity index (χ1) is 8.29. The van der Waals surface area contributed by atoms with Crippen LogP contribution in [0.1, 0.15) is 30.5 Å². The lowest BCUT2D eigenvalue weighted by molar-refractivity contribution is 0.0539.